The Morgan fingerprint density at radius 1 is 1.27 bits per heavy atom. The molecule has 3 unspecified atom stereocenters. The first-order valence-electron chi connectivity index (χ1n) is 12.7. The maximum atomic E-state index is 13.6. The lowest BCUT2D eigenvalue weighted by atomic mass is 10.1. The lowest BCUT2D eigenvalue weighted by Crippen LogP contribution is -2.53. The second-order valence-corrected chi connectivity index (χ2v) is 11.5. The van der Waals surface area contributed by atoms with Gasteiger partial charge in [0.25, 0.3) is 5.95 Å². The Bertz CT molecular complexity index is 1570. The van der Waals surface area contributed by atoms with Crippen molar-refractivity contribution in [3.63, 3.8) is 0 Å². The van der Waals surface area contributed by atoms with Gasteiger partial charge in [-0.25, -0.2) is 13.2 Å². The second-order valence-electron chi connectivity index (χ2n) is 9.57. The Kier molecular flexibility index (Phi) is 7.38. The highest BCUT2D eigenvalue weighted by Gasteiger charge is 2.54. The number of nitrogens with one attached hydrogen (secondary N) is 1. The fourth-order valence-corrected chi connectivity index (χ4v) is 6.93. The van der Waals surface area contributed by atoms with Crippen LogP contribution in [0.4, 0.5) is 4.79 Å². The maximum Gasteiger partial charge on any atom is 0.415 e. The number of carbonyl (C=O) groups is 3. The number of likely N-dealkylation sites (tertiary alicyclic amines) is 1. The van der Waals surface area contributed by atoms with Crippen LogP contribution in [0.25, 0.3) is 11.0 Å². The van der Waals surface area contributed by atoms with Crippen molar-refractivity contribution in [1.29, 1.82) is 0 Å². The first kappa shape index (κ1) is 27.4. The minimum absolute atomic E-state index is 0.0898. The molecular weight excluding hydrogens is 544 g/mol. The first-order valence-corrected chi connectivity index (χ1v) is 14.2. The number of amides is 2. The van der Waals surface area contributed by atoms with Crippen molar-refractivity contribution in [3.05, 3.63) is 54.0 Å². The number of ether oxygens (including phenoxy) is 2. The average molecular weight is 573 g/mol. The first-order chi connectivity index (χ1) is 19.1. The molecule has 2 amide bonds. The number of aromatic nitrogens is 1. The molecule has 3 atom stereocenters. The van der Waals surface area contributed by atoms with Crippen LogP contribution in [0, 0.1) is 5.21 Å². The second kappa shape index (κ2) is 10.8. The molecule has 2 aliphatic heterocycles. The number of ketones is 1. The zero-order valence-corrected chi connectivity index (χ0v) is 22.6. The zero-order chi connectivity index (χ0) is 28.6. The number of nitrogens with zero attached hydrogens (tertiary/aromatic N) is 3. The van der Waals surface area contributed by atoms with Crippen molar-refractivity contribution in [2.75, 3.05) is 20.2 Å². The molecule has 0 bridgehead atoms. The van der Waals surface area contributed by atoms with E-state index in [-0.39, 0.29) is 30.2 Å². The fourth-order valence-electron chi connectivity index (χ4n) is 5.30. The van der Waals surface area contributed by atoms with E-state index in [1.165, 1.54) is 30.2 Å². The number of para-hydroxylation sites is 1. The predicted molar refractivity (Wildman–Crippen MR) is 139 cm³/mol. The normalized spacial score (nSPS) is 19.9. The van der Waals surface area contributed by atoms with E-state index in [9.17, 15) is 28.0 Å². The van der Waals surface area contributed by atoms with E-state index in [4.69, 9.17) is 13.9 Å². The summed E-state index contributed by atoms with van der Waals surface area (Å²) in [6, 6.07) is 6.55. The van der Waals surface area contributed by atoms with Crippen molar-refractivity contribution >= 4 is 38.8 Å². The number of methoxy groups -OCH3 is 1. The van der Waals surface area contributed by atoms with E-state index in [2.05, 4.69) is 5.32 Å². The predicted octanol–water partition coefficient (Wildman–Crippen LogP) is 1.58. The third-order valence-corrected chi connectivity index (χ3v) is 8.94. The monoisotopic (exact) mass is 572 g/mol. The molecule has 1 N–H and O–H groups in total. The highest BCUT2D eigenvalue weighted by Crippen LogP contribution is 2.35. The molecule has 212 valence electrons. The van der Waals surface area contributed by atoms with E-state index in [0.717, 1.165) is 16.7 Å². The van der Waals surface area contributed by atoms with Gasteiger partial charge < -0.3 is 29.3 Å². The summed E-state index contributed by atoms with van der Waals surface area (Å²) in [5.74, 6) is -0.568. The van der Waals surface area contributed by atoms with E-state index in [1.807, 2.05) is 6.92 Å². The van der Waals surface area contributed by atoms with Crippen molar-refractivity contribution in [2.45, 2.75) is 49.2 Å². The molecule has 0 spiro atoms. The number of carbonyl (C=O) groups excluding carboxylic acids is 3. The fraction of sp³-hybridized carbons (Fsp3) is 0.385. The number of benzene rings is 1. The Hall–Kier alpha value is -4.17. The number of fused-ring (bicyclic) bond motifs is 2. The quantitative estimate of drug-likeness (QED) is 0.312. The molecule has 13 nitrogen and oxygen atoms in total. The third-order valence-electron chi connectivity index (χ3n) is 7.08. The highest BCUT2D eigenvalue weighted by molar-refractivity contribution is 7.89. The molecule has 1 aromatic carbocycles. The van der Waals surface area contributed by atoms with E-state index < -0.39 is 52.5 Å². The summed E-state index contributed by atoms with van der Waals surface area (Å²) in [4.78, 5) is 40.4. The van der Waals surface area contributed by atoms with Crippen LogP contribution in [0.5, 0.6) is 11.7 Å². The lowest BCUT2D eigenvalue weighted by Gasteiger charge is -2.27. The summed E-state index contributed by atoms with van der Waals surface area (Å²) in [6.45, 7) is 1.55. The maximum absolute atomic E-state index is 13.6. The molecule has 4 heterocycles. The Morgan fingerprint density at radius 2 is 2.08 bits per heavy atom. The minimum atomic E-state index is -4.15. The molecule has 0 aliphatic carbocycles. The van der Waals surface area contributed by atoms with Crippen LogP contribution in [0.1, 0.15) is 26.2 Å². The largest absolute Gasteiger partial charge is 0.619 e. The number of hydrogen-bond acceptors (Lipinski definition) is 9. The van der Waals surface area contributed by atoms with Gasteiger partial charge in [-0.3, -0.25) is 9.59 Å². The number of Topliss-reactive ketones (excluding diaryl/α,β-unsaturated/α-hetero) is 1. The highest BCUT2D eigenvalue weighted by atomic mass is 32.2. The van der Waals surface area contributed by atoms with Gasteiger partial charge in [-0.1, -0.05) is 25.5 Å². The lowest BCUT2D eigenvalue weighted by molar-refractivity contribution is -0.607. The van der Waals surface area contributed by atoms with Gasteiger partial charge in [0.15, 0.2) is 29.5 Å². The average Bonchev–Trinajstić information content (AvgIpc) is 3.62. The van der Waals surface area contributed by atoms with Gasteiger partial charge in [0.2, 0.25) is 15.9 Å². The van der Waals surface area contributed by atoms with Crippen LogP contribution in [0.3, 0.4) is 0 Å². The topological polar surface area (TPSA) is 162 Å². The van der Waals surface area contributed by atoms with Gasteiger partial charge in [0.1, 0.15) is 17.0 Å². The molecule has 2 saturated heterocycles. The van der Waals surface area contributed by atoms with E-state index >= 15 is 0 Å². The van der Waals surface area contributed by atoms with Gasteiger partial charge in [-0.2, -0.15) is 9.04 Å². The standard InChI is InChI=1S/C26H28N4O9S/c1-3-6-18(27-26(33)39-22-13-16-7-4-9-21(37-2)24(16)38-22)25(32)29-12-10-19-23(29)20(31)15-30(19)40(35,36)17-8-5-11-28(34)14-17/h4-5,7-9,11,13-14,18-19,23H,3,6,10,12,15H2,1-2H3,(H,27,33). The Morgan fingerprint density at radius 3 is 2.80 bits per heavy atom. The number of sulfonamides is 1. The molecule has 2 fully saturated rings. The molecule has 40 heavy (non-hydrogen) atoms. The number of rotatable bonds is 8. The number of pyridine rings is 1. The van der Waals surface area contributed by atoms with Gasteiger partial charge in [0.05, 0.1) is 19.7 Å². The summed E-state index contributed by atoms with van der Waals surface area (Å²) in [5.41, 5.74) is 0.400. The molecule has 14 heteroatoms. The summed E-state index contributed by atoms with van der Waals surface area (Å²) in [5, 5.41) is 14.9. The van der Waals surface area contributed by atoms with Gasteiger partial charge in [0, 0.05) is 24.1 Å². The molecular formula is C26H28N4O9S. The summed E-state index contributed by atoms with van der Waals surface area (Å²) in [7, 11) is -2.67. The summed E-state index contributed by atoms with van der Waals surface area (Å²) < 4.78 is 44.0. The van der Waals surface area contributed by atoms with Crippen molar-refractivity contribution in [2.24, 2.45) is 0 Å². The van der Waals surface area contributed by atoms with Crippen molar-refractivity contribution in [1.82, 2.24) is 14.5 Å². The van der Waals surface area contributed by atoms with Gasteiger partial charge in [-0.05, 0) is 25.0 Å². The molecule has 5 rings (SSSR count). The zero-order valence-electron chi connectivity index (χ0n) is 21.8. The molecule has 0 saturated carbocycles. The van der Waals surface area contributed by atoms with Crippen LogP contribution in [0.15, 0.2) is 58.1 Å². The Balaban J connectivity index is 1.30. The van der Waals surface area contributed by atoms with Gasteiger partial charge in [-0.15, -0.1) is 0 Å². The van der Waals surface area contributed by atoms with Crippen LogP contribution >= 0.6 is 0 Å². The van der Waals surface area contributed by atoms with Gasteiger partial charge >= 0.3 is 6.09 Å². The molecule has 3 aromatic rings. The number of furan rings is 1. The molecule has 0 radical (unpaired) electrons. The van der Waals surface area contributed by atoms with E-state index in [1.54, 1.807) is 18.2 Å². The summed E-state index contributed by atoms with van der Waals surface area (Å²) >= 11 is 0. The van der Waals surface area contributed by atoms with Crippen molar-refractivity contribution in [3.8, 4) is 11.7 Å². The third kappa shape index (κ3) is 4.95. The van der Waals surface area contributed by atoms with Crippen LogP contribution in [-0.4, -0.2) is 73.7 Å². The Labute approximate surface area is 229 Å². The smallest absolute Gasteiger partial charge is 0.415 e. The van der Waals surface area contributed by atoms with Crippen LogP contribution in [0.2, 0.25) is 0 Å². The molecule has 2 aromatic heterocycles. The number of hydrogen-bond donors (Lipinski definition) is 1. The SMILES string of the molecule is CCCC(NC(=O)Oc1cc2cccc(OC)c2o1)C(=O)N1CCC2C1C(=O)CN2S(=O)(=O)c1ccc[n+]([O-])c1. The van der Waals surface area contributed by atoms with Crippen molar-refractivity contribution < 1.29 is 41.4 Å². The van der Waals surface area contributed by atoms with Crippen LogP contribution < -0.4 is 19.5 Å². The van der Waals surface area contributed by atoms with Crippen LogP contribution in [-0.2, 0) is 19.6 Å². The summed E-state index contributed by atoms with van der Waals surface area (Å²) in [6.07, 6.45) is 2.20. The molecule has 2 aliphatic rings. The minimum Gasteiger partial charge on any atom is -0.619 e. The van der Waals surface area contributed by atoms with E-state index in [0.29, 0.717) is 27.9 Å².